The molecular formula is C22H20ClN5O3. The predicted molar refractivity (Wildman–Crippen MR) is 117 cm³/mol. The number of nitrogens with one attached hydrogen (secondary N) is 1. The van der Waals surface area contributed by atoms with Gasteiger partial charge in [-0.3, -0.25) is 19.1 Å². The number of H-pyrrole nitrogens is 1. The summed E-state index contributed by atoms with van der Waals surface area (Å²) in [4.78, 5) is 45.3. The van der Waals surface area contributed by atoms with E-state index in [1.54, 1.807) is 32.9 Å². The highest BCUT2D eigenvalue weighted by Crippen LogP contribution is 2.22. The number of nitriles is 1. The summed E-state index contributed by atoms with van der Waals surface area (Å²) in [6, 6.07) is 9.49. The van der Waals surface area contributed by atoms with Crippen LogP contribution in [0.25, 0.3) is 0 Å². The number of aromatic amines is 1. The topological polar surface area (TPSA) is 135 Å². The van der Waals surface area contributed by atoms with E-state index in [1.165, 1.54) is 22.8 Å². The first-order chi connectivity index (χ1) is 14.6. The number of halogens is 1. The maximum Gasteiger partial charge on any atom is 0.329 e. The van der Waals surface area contributed by atoms with Gasteiger partial charge in [-0.05, 0) is 48.7 Å². The van der Waals surface area contributed by atoms with E-state index >= 15 is 0 Å². The van der Waals surface area contributed by atoms with Crippen molar-refractivity contribution >= 4 is 23.2 Å². The minimum Gasteiger partial charge on any atom is -0.384 e. The fourth-order valence-electron chi connectivity index (χ4n) is 3.48. The van der Waals surface area contributed by atoms with Gasteiger partial charge in [-0.2, -0.15) is 5.26 Å². The van der Waals surface area contributed by atoms with Crippen LogP contribution in [0, 0.1) is 18.3 Å². The SMILES string of the molecule is Cc1cc(Cn2c(C(=O)c3cc(Cl)cc(C#N)c3)c(C(C)C)c(=O)[nH]c2=O)cc(N)n1. The number of hydrogen-bond acceptors (Lipinski definition) is 6. The number of anilines is 1. The van der Waals surface area contributed by atoms with Crippen LogP contribution < -0.4 is 17.0 Å². The summed E-state index contributed by atoms with van der Waals surface area (Å²) in [5.74, 6) is -0.656. The number of benzene rings is 1. The Bertz CT molecular complexity index is 1330. The van der Waals surface area contributed by atoms with Crippen LogP contribution in [0.3, 0.4) is 0 Å². The second-order valence-corrected chi connectivity index (χ2v) is 7.91. The fraction of sp³-hybridized carbons (Fsp3) is 0.227. The zero-order chi connectivity index (χ0) is 22.9. The van der Waals surface area contributed by atoms with Gasteiger partial charge in [0.2, 0.25) is 5.78 Å². The minimum absolute atomic E-state index is 0.00433. The Morgan fingerprint density at radius 1 is 1.26 bits per heavy atom. The van der Waals surface area contributed by atoms with Crippen molar-refractivity contribution in [1.29, 1.82) is 5.26 Å². The fourth-order valence-corrected chi connectivity index (χ4v) is 3.72. The molecule has 0 fully saturated rings. The number of carbonyl (C=O) groups is 1. The summed E-state index contributed by atoms with van der Waals surface area (Å²) in [6.45, 7) is 5.26. The Labute approximate surface area is 182 Å². The quantitative estimate of drug-likeness (QED) is 0.589. The molecular weight excluding hydrogens is 418 g/mol. The molecule has 1 aromatic carbocycles. The molecule has 158 valence electrons. The lowest BCUT2D eigenvalue weighted by molar-refractivity contribution is 0.102. The maximum atomic E-state index is 13.5. The molecule has 0 atom stereocenters. The van der Waals surface area contributed by atoms with E-state index in [0.717, 1.165) is 0 Å². The van der Waals surface area contributed by atoms with Crippen molar-refractivity contribution in [3.05, 3.63) is 89.8 Å². The van der Waals surface area contributed by atoms with E-state index in [4.69, 9.17) is 17.3 Å². The van der Waals surface area contributed by atoms with E-state index in [0.29, 0.717) is 11.3 Å². The molecule has 3 aromatic rings. The molecule has 3 rings (SSSR count). The van der Waals surface area contributed by atoms with Crippen LogP contribution in [-0.4, -0.2) is 20.3 Å². The largest absolute Gasteiger partial charge is 0.384 e. The number of pyridine rings is 1. The number of nitrogens with two attached hydrogens (primary N) is 1. The highest BCUT2D eigenvalue weighted by molar-refractivity contribution is 6.31. The molecule has 0 unspecified atom stereocenters. The van der Waals surface area contributed by atoms with Crippen LogP contribution in [0.1, 0.15) is 58.2 Å². The first-order valence-corrected chi connectivity index (χ1v) is 9.84. The minimum atomic E-state index is -0.728. The summed E-state index contributed by atoms with van der Waals surface area (Å²) >= 11 is 6.07. The molecule has 9 heteroatoms. The third kappa shape index (κ3) is 4.57. The molecule has 0 radical (unpaired) electrons. The van der Waals surface area contributed by atoms with Gasteiger partial charge in [0.1, 0.15) is 11.5 Å². The first kappa shape index (κ1) is 22.0. The van der Waals surface area contributed by atoms with Crippen molar-refractivity contribution < 1.29 is 4.79 Å². The molecule has 0 aliphatic heterocycles. The molecule has 3 N–H and O–H groups in total. The van der Waals surface area contributed by atoms with Crippen molar-refractivity contribution in [3.8, 4) is 6.07 Å². The lowest BCUT2D eigenvalue weighted by atomic mass is 9.96. The van der Waals surface area contributed by atoms with Gasteiger partial charge in [0.05, 0.1) is 18.2 Å². The van der Waals surface area contributed by atoms with E-state index in [2.05, 4.69) is 9.97 Å². The Balaban J connectivity index is 2.30. The maximum absolute atomic E-state index is 13.5. The summed E-state index contributed by atoms with van der Waals surface area (Å²) in [5.41, 5.74) is 6.17. The highest BCUT2D eigenvalue weighted by atomic mass is 35.5. The molecule has 31 heavy (non-hydrogen) atoms. The van der Waals surface area contributed by atoms with Gasteiger partial charge < -0.3 is 5.73 Å². The van der Waals surface area contributed by atoms with E-state index in [-0.39, 0.29) is 45.7 Å². The highest BCUT2D eigenvalue weighted by Gasteiger charge is 2.25. The van der Waals surface area contributed by atoms with Crippen molar-refractivity contribution in [3.63, 3.8) is 0 Å². The van der Waals surface area contributed by atoms with Crippen LogP contribution in [0.15, 0.2) is 39.9 Å². The van der Waals surface area contributed by atoms with Crippen molar-refractivity contribution in [2.75, 3.05) is 5.73 Å². The number of rotatable bonds is 5. The zero-order valence-corrected chi connectivity index (χ0v) is 17.9. The predicted octanol–water partition coefficient (Wildman–Crippen LogP) is 2.75. The van der Waals surface area contributed by atoms with Gasteiger partial charge in [-0.25, -0.2) is 9.78 Å². The van der Waals surface area contributed by atoms with Crippen molar-refractivity contribution in [2.24, 2.45) is 0 Å². The third-order valence-corrected chi connectivity index (χ3v) is 4.91. The van der Waals surface area contributed by atoms with Gasteiger partial charge >= 0.3 is 5.69 Å². The van der Waals surface area contributed by atoms with Crippen LogP contribution in [-0.2, 0) is 6.54 Å². The molecule has 0 amide bonds. The summed E-state index contributed by atoms with van der Waals surface area (Å²) in [7, 11) is 0. The standard InChI is InChI=1S/C22H20ClN5O3/c1-11(2)18-19(20(29)15-5-13(9-24)6-16(23)8-15)28(22(31)27-21(18)30)10-14-4-12(3)26-17(25)7-14/h4-8,11H,10H2,1-3H3,(H2,25,26)(H,27,30,31). The molecule has 8 nitrogen and oxygen atoms in total. The molecule has 0 aliphatic carbocycles. The van der Waals surface area contributed by atoms with E-state index in [1.807, 2.05) is 6.07 Å². The number of nitrogens with zero attached hydrogens (tertiary/aromatic N) is 3. The summed E-state index contributed by atoms with van der Waals surface area (Å²) in [5, 5.41) is 9.42. The van der Waals surface area contributed by atoms with Crippen LogP contribution in [0.5, 0.6) is 0 Å². The Kier molecular flexibility index (Phi) is 6.09. The van der Waals surface area contributed by atoms with Gasteiger partial charge in [-0.15, -0.1) is 0 Å². The van der Waals surface area contributed by atoms with Gasteiger partial charge in [0, 0.05) is 21.8 Å². The monoisotopic (exact) mass is 437 g/mol. The van der Waals surface area contributed by atoms with E-state index in [9.17, 15) is 19.6 Å². The average molecular weight is 438 g/mol. The first-order valence-electron chi connectivity index (χ1n) is 9.46. The Hall–Kier alpha value is -3.70. The number of carbonyl (C=O) groups excluding carboxylic acids is 1. The Morgan fingerprint density at radius 3 is 2.58 bits per heavy atom. The molecule has 0 bridgehead atoms. The third-order valence-electron chi connectivity index (χ3n) is 4.69. The van der Waals surface area contributed by atoms with Crippen molar-refractivity contribution in [2.45, 2.75) is 33.2 Å². The molecule has 0 aliphatic rings. The van der Waals surface area contributed by atoms with Crippen molar-refractivity contribution in [1.82, 2.24) is 14.5 Å². The summed E-state index contributed by atoms with van der Waals surface area (Å²) < 4.78 is 1.21. The number of aryl methyl sites for hydroxylation is 1. The lowest BCUT2D eigenvalue weighted by Crippen LogP contribution is -2.38. The van der Waals surface area contributed by atoms with Gasteiger partial charge in [0.25, 0.3) is 5.56 Å². The number of aromatic nitrogens is 3. The van der Waals surface area contributed by atoms with Gasteiger partial charge in [-0.1, -0.05) is 25.4 Å². The smallest absolute Gasteiger partial charge is 0.329 e. The second-order valence-electron chi connectivity index (χ2n) is 7.47. The molecule has 0 saturated carbocycles. The number of nitrogen functional groups attached to an aromatic ring is 1. The summed E-state index contributed by atoms with van der Waals surface area (Å²) in [6.07, 6.45) is 0. The lowest BCUT2D eigenvalue weighted by Gasteiger charge is -2.18. The normalized spacial score (nSPS) is 10.8. The molecule has 0 saturated heterocycles. The molecule has 0 spiro atoms. The van der Waals surface area contributed by atoms with Crippen LogP contribution >= 0.6 is 11.6 Å². The van der Waals surface area contributed by atoms with Crippen LogP contribution in [0.2, 0.25) is 5.02 Å². The number of hydrogen-bond donors (Lipinski definition) is 2. The van der Waals surface area contributed by atoms with Crippen LogP contribution in [0.4, 0.5) is 5.82 Å². The van der Waals surface area contributed by atoms with Gasteiger partial charge in [0.15, 0.2) is 0 Å². The number of ketones is 1. The molecule has 2 heterocycles. The molecule has 2 aromatic heterocycles. The second kappa shape index (κ2) is 8.58. The van der Waals surface area contributed by atoms with E-state index < -0.39 is 17.0 Å². The Morgan fingerprint density at radius 2 is 1.97 bits per heavy atom. The zero-order valence-electron chi connectivity index (χ0n) is 17.2. The average Bonchev–Trinajstić information content (AvgIpc) is 2.67.